The van der Waals surface area contributed by atoms with Crippen LogP contribution in [0.4, 0.5) is 0 Å². The zero-order valence-corrected chi connectivity index (χ0v) is 12.2. The van der Waals surface area contributed by atoms with Gasteiger partial charge in [-0.1, -0.05) is 31.5 Å². The predicted octanol–water partition coefficient (Wildman–Crippen LogP) is 3.61. The van der Waals surface area contributed by atoms with Gasteiger partial charge >= 0.3 is 0 Å². The highest BCUT2D eigenvalue weighted by Crippen LogP contribution is 2.57. The molecular formula is C15H20ClN3. The zero-order chi connectivity index (χ0) is 13.6. The summed E-state index contributed by atoms with van der Waals surface area (Å²) in [4.78, 5) is 4.46. The van der Waals surface area contributed by atoms with Crippen molar-refractivity contribution in [1.29, 1.82) is 0 Å². The van der Waals surface area contributed by atoms with E-state index in [2.05, 4.69) is 23.2 Å². The first kappa shape index (κ1) is 12.9. The molecule has 2 heterocycles. The number of rotatable bonds is 3. The fourth-order valence-electron chi connectivity index (χ4n) is 3.77. The number of halogens is 1. The van der Waals surface area contributed by atoms with Crippen LogP contribution in [-0.2, 0) is 0 Å². The lowest BCUT2D eigenvalue weighted by Crippen LogP contribution is -2.56. The van der Waals surface area contributed by atoms with E-state index in [9.17, 15) is 0 Å². The Morgan fingerprint density at radius 3 is 2.79 bits per heavy atom. The average molecular weight is 278 g/mol. The van der Waals surface area contributed by atoms with Gasteiger partial charge < -0.3 is 10.1 Å². The Kier molecular flexibility index (Phi) is 3.06. The van der Waals surface area contributed by atoms with E-state index in [0.29, 0.717) is 11.1 Å². The lowest BCUT2D eigenvalue weighted by Gasteiger charge is -2.54. The minimum Gasteiger partial charge on any atom is -0.327 e. The first-order valence-corrected chi connectivity index (χ1v) is 7.40. The molecule has 1 saturated carbocycles. The second-order valence-corrected chi connectivity index (χ2v) is 5.91. The molecule has 0 saturated heterocycles. The second-order valence-electron chi connectivity index (χ2n) is 5.55. The summed E-state index contributed by atoms with van der Waals surface area (Å²) in [5.41, 5.74) is 8.53. The highest BCUT2D eigenvalue weighted by atomic mass is 35.5. The van der Waals surface area contributed by atoms with Crippen molar-refractivity contribution in [1.82, 2.24) is 9.38 Å². The number of nitrogens with two attached hydrogens (primary N) is 1. The highest BCUT2D eigenvalue weighted by Gasteiger charge is 2.52. The van der Waals surface area contributed by atoms with Gasteiger partial charge in [-0.3, -0.25) is 0 Å². The van der Waals surface area contributed by atoms with Crippen LogP contribution in [0.25, 0.3) is 5.65 Å². The van der Waals surface area contributed by atoms with Crippen LogP contribution < -0.4 is 5.73 Å². The third-order valence-electron chi connectivity index (χ3n) is 5.09. The van der Waals surface area contributed by atoms with Crippen LogP contribution in [0.15, 0.2) is 24.4 Å². The maximum atomic E-state index is 6.39. The number of fused-ring (bicyclic) bond motifs is 1. The molecule has 1 fully saturated rings. The molecule has 0 aliphatic heterocycles. The minimum absolute atomic E-state index is 0.176. The highest BCUT2D eigenvalue weighted by molar-refractivity contribution is 6.30. The fraction of sp³-hybridized carbons (Fsp3) is 0.533. The third-order valence-corrected chi connectivity index (χ3v) is 5.37. The number of hydrogen-bond donors (Lipinski definition) is 1. The van der Waals surface area contributed by atoms with Gasteiger partial charge in [-0.25, -0.2) is 4.98 Å². The van der Waals surface area contributed by atoms with Crippen LogP contribution >= 0.6 is 11.6 Å². The molecule has 102 valence electrons. The molecule has 0 radical (unpaired) electrons. The molecule has 0 spiro atoms. The molecule has 2 aromatic heterocycles. The number of aromatic nitrogens is 2. The van der Waals surface area contributed by atoms with E-state index in [4.69, 9.17) is 17.3 Å². The van der Waals surface area contributed by atoms with Gasteiger partial charge in [0, 0.05) is 18.2 Å². The summed E-state index contributed by atoms with van der Waals surface area (Å²) >= 11 is 6.39. The molecule has 2 N–H and O–H groups in total. The Morgan fingerprint density at radius 1 is 1.42 bits per heavy atom. The molecular weight excluding hydrogens is 258 g/mol. The van der Waals surface area contributed by atoms with Crippen molar-refractivity contribution in [3.05, 3.63) is 35.2 Å². The molecule has 4 heteroatoms. The number of nitrogens with zero attached hydrogens (tertiary/aromatic N) is 2. The van der Waals surface area contributed by atoms with E-state index in [0.717, 1.165) is 30.6 Å². The Labute approximate surface area is 118 Å². The van der Waals surface area contributed by atoms with E-state index >= 15 is 0 Å². The van der Waals surface area contributed by atoms with Gasteiger partial charge in [0.15, 0.2) is 5.15 Å². The second kappa shape index (κ2) is 4.50. The average Bonchev–Trinajstić information content (AvgIpc) is 2.73. The van der Waals surface area contributed by atoms with Crippen LogP contribution in [-0.4, -0.2) is 15.4 Å². The fourth-order valence-corrected chi connectivity index (χ4v) is 4.08. The lowest BCUT2D eigenvalue weighted by molar-refractivity contribution is 0.0410. The van der Waals surface area contributed by atoms with Crippen LogP contribution in [0.5, 0.6) is 0 Å². The Balaban J connectivity index is 2.13. The van der Waals surface area contributed by atoms with Crippen LogP contribution in [0.3, 0.4) is 0 Å². The van der Waals surface area contributed by atoms with Crippen molar-refractivity contribution in [2.45, 2.75) is 45.1 Å². The van der Waals surface area contributed by atoms with Crippen molar-refractivity contribution >= 4 is 17.2 Å². The smallest absolute Gasteiger partial charge is 0.151 e. The first-order chi connectivity index (χ1) is 9.14. The van der Waals surface area contributed by atoms with E-state index in [1.807, 2.05) is 24.4 Å². The van der Waals surface area contributed by atoms with Gasteiger partial charge in [0.05, 0.1) is 5.69 Å². The molecule has 0 bridgehead atoms. The summed E-state index contributed by atoms with van der Waals surface area (Å²) < 4.78 is 2.12. The van der Waals surface area contributed by atoms with Gasteiger partial charge in [-0.15, -0.1) is 0 Å². The van der Waals surface area contributed by atoms with E-state index in [1.54, 1.807) is 0 Å². The van der Waals surface area contributed by atoms with Crippen LogP contribution in [0.1, 0.15) is 44.7 Å². The van der Waals surface area contributed by atoms with Crippen molar-refractivity contribution < 1.29 is 0 Å². The molecule has 19 heavy (non-hydrogen) atoms. The summed E-state index contributed by atoms with van der Waals surface area (Å²) in [6.45, 7) is 4.46. The number of imidazole rings is 1. The monoisotopic (exact) mass is 277 g/mol. The topological polar surface area (TPSA) is 43.3 Å². The quantitative estimate of drug-likeness (QED) is 0.931. The lowest BCUT2D eigenvalue weighted by atomic mass is 9.53. The molecule has 1 aliphatic rings. The van der Waals surface area contributed by atoms with E-state index < -0.39 is 0 Å². The Morgan fingerprint density at radius 2 is 2.16 bits per heavy atom. The van der Waals surface area contributed by atoms with Crippen LogP contribution in [0, 0.1) is 5.41 Å². The number of pyridine rings is 1. The SMILES string of the molecule is CCC1(CC)C(N)CC1c1c(Cl)nc2ccccn12. The van der Waals surface area contributed by atoms with Gasteiger partial charge in [0.25, 0.3) is 0 Å². The molecule has 2 aromatic rings. The molecule has 0 aromatic carbocycles. The van der Waals surface area contributed by atoms with Gasteiger partial charge in [-0.2, -0.15) is 0 Å². The number of hydrogen-bond acceptors (Lipinski definition) is 2. The maximum absolute atomic E-state index is 6.39. The zero-order valence-electron chi connectivity index (χ0n) is 11.4. The first-order valence-electron chi connectivity index (χ1n) is 7.02. The third kappa shape index (κ3) is 1.65. The molecule has 3 nitrogen and oxygen atoms in total. The van der Waals surface area contributed by atoms with Gasteiger partial charge in [0.2, 0.25) is 0 Å². The standard InChI is InChI=1S/C15H20ClN3/c1-3-15(4-2)10(9-11(15)17)13-14(16)18-12-7-5-6-8-19(12)13/h5-8,10-11H,3-4,9,17H2,1-2H3. The summed E-state index contributed by atoms with van der Waals surface area (Å²) in [5.74, 6) is 0.419. The van der Waals surface area contributed by atoms with E-state index in [1.165, 1.54) is 0 Å². The molecule has 3 rings (SSSR count). The summed E-state index contributed by atoms with van der Waals surface area (Å²) in [6, 6.07) is 6.28. The Hall–Kier alpha value is -1.06. The predicted molar refractivity (Wildman–Crippen MR) is 78.6 cm³/mol. The molecule has 2 unspecified atom stereocenters. The van der Waals surface area contributed by atoms with Gasteiger partial charge in [-0.05, 0) is 36.8 Å². The maximum Gasteiger partial charge on any atom is 0.151 e. The summed E-state index contributed by atoms with van der Waals surface area (Å²) in [7, 11) is 0. The van der Waals surface area contributed by atoms with Crippen molar-refractivity contribution in [2.75, 3.05) is 0 Å². The van der Waals surface area contributed by atoms with Crippen LogP contribution in [0.2, 0.25) is 5.15 Å². The van der Waals surface area contributed by atoms with Gasteiger partial charge in [0.1, 0.15) is 5.65 Å². The summed E-state index contributed by atoms with van der Waals surface area (Å²) in [6.07, 6.45) is 5.23. The molecule has 2 atom stereocenters. The minimum atomic E-state index is 0.176. The van der Waals surface area contributed by atoms with Crippen molar-refractivity contribution in [3.8, 4) is 0 Å². The van der Waals surface area contributed by atoms with Crippen molar-refractivity contribution in [2.24, 2.45) is 11.1 Å². The summed E-state index contributed by atoms with van der Waals surface area (Å²) in [5, 5.41) is 0.634. The molecule has 1 aliphatic carbocycles. The van der Waals surface area contributed by atoms with E-state index in [-0.39, 0.29) is 11.5 Å². The van der Waals surface area contributed by atoms with Crippen molar-refractivity contribution in [3.63, 3.8) is 0 Å². The molecule has 0 amide bonds. The Bertz CT molecular complexity index is 600. The normalized spacial score (nSPS) is 25.5. The largest absolute Gasteiger partial charge is 0.327 e.